The lowest BCUT2D eigenvalue weighted by molar-refractivity contribution is 1.19. The van der Waals surface area contributed by atoms with Crippen molar-refractivity contribution >= 4 is 17.6 Å². The topological polar surface area (TPSA) is 62.8 Å². The van der Waals surface area contributed by atoms with E-state index < -0.39 is 0 Å². The van der Waals surface area contributed by atoms with Crippen LogP contribution in [0.5, 0.6) is 0 Å². The van der Waals surface area contributed by atoms with Gasteiger partial charge in [0, 0.05) is 11.1 Å². The van der Waals surface area contributed by atoms with Crippen LogP contribution in [0.4, 0.5) is 0 Å². The summed E-state index contributed by atoms with van der Waals surface area (Å²) in [7, 11) is 0. The Kier molecular flexibility index (Phi) is 3.10. The first-order chi connectivity index (χ1) is 5.74. The monoisotopic (exact) mass is 181 g/mol. The fraction of sp³-hybridized carbons (Fsp3) is 0.250. The van der Waals surface area contributed by atoms with E-state index in [0.29, 0.717) is 5.69 Å². The summed E-state index contributed by atoms with van der Waals surface area (Å²) < 4.78 is 0. The van der Waals surface area contributed by atoms with Crippen molar-refractivity contribution in [3.05, 3.63) is 24.0 Å². The molecule has 0 aliphatic heterocycles. The number of nitrogen functional groups attached to an aromatic ring is 1. The Balaban J connectivity index is 2.78. The van der Waals surface area contributed by atoms with Gasteiger partial charge in [-0.15, -0.1) is 11.8 Å². The Hall–Kier alpha value is -1.03. The standard InChI is InChI=1S/C8H11N3S/c1-2-12-6-3-4-7(8(9)10)11-5-6/h3-5H,2H2,1H3,(H3,9,10). The Morgan fingerprint density at radius 3 is 2.83 bits per heavy atom. The maximum Gasteiger partial charge on any atom is 0.141 e. The largest absolute Gasteiger partial charge is 0.382 e. The van der Waals surface area contributed by atoms with Crippen LogP contribution in [0.3, 0.4) is 0 Å². The number of amidine groups is 1. The average molecular weight is 181 g/mol. The summed E-state index contributed by atoms with van der Waals surface area (Å²) in [5.41, 5.74) is 5.79. The van der Waals surface area contributed by atoms with Gasteiger partial charge in [0.25, 0.3) is 0 Å². The Bertz CT molecular complexity index is 268. The van der Waals surface area contributed by atoms with E-state index in [1.165, 1.54) is 0 Å². The second kappa shape index (κ2) is 4.11. The molecule has 0 aromatic carbocycles. The molecule has 0 amide bonds. The van der Waals surface area contributed by atoms with Gasteiger partial charge in [-0.25, -0.2) is 0 Å². The van der Waals surface area contributed by atoms with Crippen molar-refractivity contribution in [3.8, 4) is 0 Å². The summed E-state index contributed by atoms with van der Waals surface area (Å²) in [4.78, 5) is 5.14. The van der Waals surface area contributed by atoms with Crippen molar-refractivity contribution in [1.29, 1.82) is 5.41 Å². The van der Waals surface area contributed by atoms with Crippen LogP contribution in [0.15, 0.2) is 23.2 Å². The third-order valence-electron chi connectivity index (χ3n) is 1.32. The number of aromatic nitrogens is 1. The van der Waals surface area contributed by atoms with Crippen molar-refractivity contribution in [2.45, 2.75) is 11.8 Å². The van der Waals surface area contributed by atoms with Gasteiger partial charge < -0.3 is 5.73 Å². The van der Waals surface area contributed by atoms with Gasteiger partial charge in [0.1, 0.15) is 11.5 Å². The zero-order valence-corrected chi connectivity index (χ0v) is 7.69. The van der Waals surface area contributed by atoms with Crippen LogP contribution in [-0.4, -0.2) is 16.6 Å². The Morgan fingerprint density at radius 2 is 2.42 bits per heavy atom. The molecular formula is C8H11N3S. The van der Waals surface area contributed by atoms with E-state index in [4.69, 9.17) is 11.1 Å². The minimum absolute atomic E-state index is 0.0167. The third kappa shape index (κ3) is 2.23. The minimum atomic E-state index is 0.0167. The Morgan fingerprint density at radius 1 is 1.67 bits per heavy atom. The van der Waals surface area contributed by atoms with Gasteiger partial charge in [-0.1, -0.05) is 6.92 Å². The van der Waals surface area contributed by atoms with E-state index in [-0.39, 0.29) is 5.84 Å². The van der Waals surface area contributed by atoms with Gasteiger partial charge in [-0.05, 0) is 17.9 Å². The fourth-order valence-corrected chi connectivity index (χ4v) is 1.42. The maximum atomic E-state index is 7.12. The molecule has 3 nitrogen and oxygen atoms in total. The molecule has 4 heteroatoms. The van der Waals surface area contributed by atoms with Crippen molar-refractivity contribution in [1.82, 2.24) is 4.98 Å². The number of hydrogen-bond acceptors (Lipinski definition) is 3. The highest BCUT2D eigenvalue weighted by Gasteiger charge is 1.97. The molecule has 1 rings (SSSR count). The molecule has 1 aromatic heterocycles. The smallest absolute Gasteiger partial charge is 0.141 e. The molecular weight excluding hydrogens is 170 g/mol. The van der Waals surface area contributed by atoms with Crippen LogP contribution >= 0.6 is 11.8 Å². The van der Waals surface area contributed by atoms with Crippen molar-refractivity contribution in [3.63, 3.8) is 0 Å². The number of nitrogens with one attached hydrogen (secondary N) is 1. The van der Waals surface area contributed by atoms with Crippen LogP contribution in [-0.2, 0) is 0 Å². The van der Waals surface area contributed by atoms with Crippen LogP contribution in [0.25, 0.3) is 0 Å². The molecule has 0 bridgehead atoms. The number of hydrogen-bond donors (Lipinski definition) is 2. The van der Waals surface area contributed by atoms with Crippen molar-refractivity contribution < 1.29 is 0 Å². The summed E-state index contributed by atoms with van der Waals surface area (Å²) in [5.74, 6) is 1.05. The number of thioether (sulfide) groups is 1. The van der Waals surface area contributed by atoms with E-state index in [1.807, 2.05) is 6.07 Å². The minimum Gasteiger partial charge on any atom is -0.382 e. The van der Waals surface area contributed by atoms with Gasteiger partial charge in [-0.3, -0.25) is 10.4 Å². The summed E-state index contributed by atoms with van der Waals surface area (Å²) in [5, 5.41) is 7.12. The number of rotatable bonds is 3. The molecule has 0 radical (unpaired) electrons. The molecule has 1 heterocycles. The van der Waals surface area contributed by atoms with Crippen LogP contribution in [0.2, 0.25) is 0 Å². The van der Waals surface area contributed by atoms with Crippen LogP contribution in [0, 0.1) is 5.41 Å². The zero-order valence-electron chi connectivity index (χ0n) is 6.87. The summed E-state index contributed by atoms with van der Waals surface area (Å²) >= 11 is 1.72. The second-order valence-electron chi connectivity index (χ2n) is 2.23. The van der Waals surface area contributed by atoms with E-state index in [9.17, 15) is 0 Å². The average Bonchev–Trinajstić information content (AvgIpc) is 2.06. The molecule has 0 aliphatic carbocycles. The predicted octanol–water partition coefficient (Wildman–Crippen LogP) is 1.48. The predicted molar refractivity (Wildman–Crippen MR) is 51.7 cm³/mol. The highest BCUT2D eigenvalue weighted by Crippen LogP contribution is 2.15. The summed E-state index contributed by atoms with van der Waals surface area (Å²) in [6.07, 6.45) is 1.74. The van der Waals surface area contributed by atoms with Crippen LogP contribution < -0.4 is 5.73 Å². The van der Waals surface area contributed by atoms with Crippen molar-refractivity contribution in [2.75, 3.05) is 5.75 Å². The lowest BCUT2D eigenvalue weighted by atomic mass is 10.3. The quantitative estimate of drug-likeness (QED) is 0.422. The third-order valence-corrected chi connectivity index (χ3v) is 2.19. The van der Waals surface area contributed by atoms with Crippen LogP contribution in [0.1, 0.15) is 12.6 Å². The SMILES string of the molecule is CCSc1ccc(C(=N)N)nc1. The number of pyridine rings is 1. The first-order valence-electron chi connectivity index (χ1n) is 3.67. The Labute approximate surface area is 75.9 Å². The van der Waals surface area contributed by atoms with E-state index >= 15 is 0 Å². The molecule has 12 heavy (non-hydrogen) atoms. The normalized spacial score (nSPS) is 9.75. The van der Waals surface area contributed by atoms with Gasteiger partial charge in [0.2, 0.25) is 0 Å². The molecule has 0 atom stereocenters. The van der Waals surface area contributed by atoms with Gasteiger partial charge in [-0.2, -0.15) is 0 Å². The summed E-state index contributed by atoms with van der Waals surface area (Å²) in [6.45, 7) is 2.09. The van der Waals surface area contributed by atoms with Gasteiger partial charge in [0.05, 0.1) is 0 Å². The fourth-order valence-electron chi connectivity index (χ4n) is 0.792. The second-order valence-corrected chi connectivity index (χ2v) is 3.56. The number of nitrogens with zero attached hydrogens (tertiary/aromatic N) is 1. The maximum absolute atomic E-state index is 7.12. The molecule has 3 N–H and O–H groups in total. The van der Waals surface area contributed by atoms with Gasteiger partial charge in [0.15, 0.2) is 0 Å². The molecule has 64 valence electrons. The number of nitrogens with two attached hydrogens (primary N) is 1. The molecule has 1 aromatic rings. The molecule has 0 saturated heterocycles. The molecule has 0 unspecified atom stereocenters. The zero-order chi connectivity index (χ0) is 8.97. The van der Waals surface area contributed by atoms with E-state index in [0.717, 1.165) is 10.6 Å². The van der Waals surface area contributed by atoms with E-state index in [2.05, 4.69) is 11.9 Å². The van der Waals surface area contributed by atoms with Gasteiger partial charge >= 0.3 is 0 Å². The first-order valence-corrected chi connectivity index (χ1v) is 4.66. The van der Waals surface area contributed by atoms with E-state index in [1.54, 1.807) is 24.0 Å². The lowest BCUT2D eigenvalue weighted by Crippen LogP contribution is -2.12. The lowest BCUT2D eigenvalue weighted by Gasteiger charge is -1.99. The molecule has 0 spiro atoms. The highest BCUT2D eigenvalue weighted by molar-refractivity contribution is 7.99. The summed E-state index contributed by atoms with van der Waals surface area (Å²) in [6, 6.07) is 3.69. The first kappa shape index (κ1) is 9.06. The molecule has 0 saturated carbocycles. The molecule has 0 aliphatic rings. The highest BCUT2D eigenvalue weighted by atomic mass is 32.2. The molecule has 0 fully saturated rings. The van der Waals surface area contributed by atoms with Crippen molar-refractivity contribution in [2.24, 2.45) is 5.73 Å².